The van der Waals surface area contributed by atoms with E-state index in [1.165, 1.54) is 69.9 Å². The molecule has 0 saturated heterocycles. The molecule has 1 N–H and O–H groups in total. The number of hydrogen-bond acceptors (Lipinski definition) is 4. The van der Waals surface area contributed by atoms with Crippen molar-refractivity contribution in [1.82, 2.24) is 0 Å². The summed E-state index contributed by atoms with van der Waals surface area (Å²) in [5.41, 5.74) is 0.220. The first kappa shape index (κ1) is 22.5. The van der Waals surface area contributed by atoms with Crippen LogP contribution in [0.25, 0.3) is 0 Å². The topological polar surface area (TPSA) is 65.0 Å². The number of hydrogen-bond donors (Lipinski definition) is 1. The maximum absolute atomic E-state index is 10.7. The van der Waals surface area contributed by atoms with E-state index in [0.717, 1.165) is 13.0 Å². The highest BCUT2D eigenvalue weighted by molar-refractivity contribution is 5.87. The van der Waals surface area contributed by atoms with E-state index in [1.54, 1.807) is 12.1 Å². The van der Waals surface area contributed by atoms with E-state index in [4.69, 9.17) is 19.6 Å². The highest BCUT2D eigenvalue weighted by Crippen LogP contribution is 2.12. The van der Waals surface area contributed by atoms with Gasteiger partial charge in [-0.05, 0) is 30.7 Å². The lowest BCUT2D eigenvalue weighted by Crippen LogP contribution is -2.07. The van der Waals surface area contributed by atoms with Gasteiger partial charge in [-0.25, -0.2) is 4.79 Å². The van der Waals surface area contributed by atoms with E-state index in [-0.39, 0.29) is 5.56 Å². The van der Waals surface area contributed by atoms with Crippen LogP contribution < -0.4 is 4.89 Å². The van der Waals surface area contributed by atoms with Gasteiger partial charge in [-0.3, -0.25) is 0 Å². The number of ether oxygens (including phenoxy) is 1. The molecule has 0 saturated carbocycles. The fourth-order valence-corrected chi connectivity index (χ4v) is 2.65. The third kappa shape index (κ3) is 11.9. The molecule has 0 fully saturated rings. The maximum atomic E-state index is 10.7. The van der Waals surface area contributed by atoms with Gasteiger partial charge in [0.25, 0.3) is 0 Å². The number of unbranched alkanes of at least 4 members (excludes halogenated alkanes) is 9. The van der Waals surface area contributed by atoms with Gasteiger partial charge in [0, 0.05) is 6.61 Å². The van der Waals surface area contributed by atoms with Crippen molar-refractivity contribution in [3.8, 4) is 5.75 Å². The van der Waals surface area contributed by atoms with Crippen molar-refractivity contribution in [2.45, 2.75) is 71.1 Å². The standard InChI is InChI=1S/C21H34O5/c1-2-3-4-5-6-7-8-9-10-11-16-24-17-18-25-26-20-14-12-19(13-15-20)21(22)23/h12-15H,2-11,16-18H2,1H3,(H,22,23). The van der Waals surface area contributed by atoms with Crippen molar-refractivity contribution in [3.63, 3.8) is 0 Å². The third-order valence-corrected chi connectivity index (χ3v) is 4.21. The molecule has 1 rings (SSSR count). The summed E-state index contributed by atoms with van der Waals surface area (Å²) in [5.74, 6) is -0.484. The maximum Gasteiger partial charge on any atom is 0.335 e. The lowest BCUT2D eigenvalue weighted by atomic mass is 10.1. The van der Waals surface area contributed by atoms with Crippen LogP contribution in [0.1, 0.15) is 81.5 Å². The van der Waals surface area contributed by atoms with Gasteiger partial charge in [-0.1, -0.05) is 64.7 Å². The molecule has 5 heteroatoms. The molecule has 0 heterocycles. The summed E-state index contributed by atoms with van der Waals surface area (Å²) >= 11 is 0. The van der Waals surface area contributed by atoms with Gasteiger partial charge in [-0.15, -0.1) is 0 Å². The second-order valence-corrected chi connectivity index (χ2v) is 6.53. The van der Waals surface area contributed by atoms with Gasteiger partial charge < -0.3 is 14.7 Å². The Morgan fingerprint density at radius 3 is 1.96 bits per heavy atom. The lowest BCUT2D eigenvalue weighted by Gasteiger charge is -2.06. The second kappa shape index (κ2) is 15.6. The Bertz CT molecular complexity index is 458. The fourth-order valence-electron chi connectivity index (χ4n) is 2.65. The number of carbonyl (C=O) groups is 1. The minimum Gasteiger partial charge on any atom is -0.478 e. The van der Waals surface area contributed by atoms with Crippen molar-refractivity contribution >= 4 is 5.97 Å². The Morgan fingerprint density at radius 2 is 1.38 bits per heavy atom. The van der Waals surface area contributed by atoms with Gasteiger partial charge in [0.1, 0.15) is 6.61 Å². The van der Waals surface area contributed by atoms with E-state index in [0.29, 0.717) is 19.0 Å². The summed E-state index contributed by atoms with van der Waals surface area (Å²) in [6.45, 7) is 3.85. The Morgan fingerprint density at radius 1 is 0.808 bits per heavy atom. The molecule has 0 amide bonds. The van der Waals surface area contributed by atoms with Gasteiger partial charge in [0.15, 0.2) is 5.75 Å². The molecule has 0 aliphatic rings. The predicted octanol–water partition coefficient (Wildman–Crippen LogP) is 5.63. The molecule has 0 unspecified atom stereocenters. The first-order valence-electron chi connectivity index (χ1n) is 9.94. The van der Waals surface area contributed by atoms with Crippen molar-refractivity contribution in [2.75, 3.05) is 19.8 Å². The van der Waals surface area contributed by atoms with Crippen molar-refractivity contribution in [3.05, 3.63) is 29.8 Å². The quantitative estimate of drug-likeness (QED) is 0.220. The summed E-state index contributed by atoms with van der Waals surface area (Å²) in [6, 6.07) is 6.08. The van der Waals surface area contributed by atoms with E-state index >= 15 is 0 Å². The third-order valence-electron chi connectivity index (χ3n) is 4.21. The van der Waals surface area contributed by atoms with Crippen LogP contribution in [0.2, 0.25) is 0 Å². The molecular weight excluding hydrogens is 332 g/mol. The van der Waals surface area contributed by atoms with Crippen molar-refractivity contribution in [1.29, 1.82) is 0 Å². The van der Waals surface area contributed by atoms with E-state index in [9.17, 15) is 4.79 Å². The normalized spacial score (nSPS) is 10.8. The number of benzene rings is 1. The largest absolute Gasteiger partial charge is 0.478 e. The van der Waals surface area contributed by atoms with Crippen molar-refractivity contribution < 1.29 is 24.4 Å². The minimum atomic E-state index is -0.960. The first-order valence-corrected chi connectivity index (χ1v) is 9.94. The van der Waals surface area contributed by atoms with Crippen LogP contribution >= 0.6 is 0 Å². The van der Waals surface area contributed by atoms with Crippen LogP contribution in [0.4, 0.5) is 0 Å². The summed E-state index contributed by atoms with van der Waals surface area (Å²) in [4.78, 5) is 20.9. The minimum absolute atomic E-state index is 0.220. The highest BCUT2D eigenvalue weighted by atomic mass is 17.2. The van der Waals surface area contributed by atoms with Crippen LogP contribution in [0.5, 0.6) is 5.75 Å². The molecule has 1 aromatic carbocycles. The molecular formula is C21H34O5. The molecule has 26 heavy (non-hydrogen) atoms. The summed E-state index contributed by atoms with van der Waals surface area (Å²) in [7, 11) is 0. The fraction of sp³-hybridized carbons (Fsp3) is 0.667. The Kier molecular flexibility index (Phi) is 13.5. The highest BCUT2D eigenvalue weighted by Gasteiger charge is 2.02. The van der Waals surface area contributed by atoms with Gasteiger partial charge in [0.05, 0.1) is 12.2 Å². The Balaban J connectivity index is 1.83. The van der Waals surface area contributed by atoms with Crippen LogP contribution in [-0.2, 0) is 9.62 Å². The van der Waals surface area contributed by atoms with Crippen LogP contribution in [0, 0.1) is 0 Å². The van der Waals surface area contributed by atoms with Crippen LogP contribution in [0.15, 0.2) is 24.3 Å². The average molecular weight is 366 g/mol. The predicted molar refractivity (Wildman–Crippen MR) is 103 cm³/mol. The molecule has 0 aliphatic carbocycles. The number of carboxylic acids is 1. The lowest BCUT2D eigenvalue weighted by molar-refractivity contribution is -0.215. The zero-order chi connectivity index (χ0) is 18.9. The average Bonchev–Trinajstić information content (AvgIpc) is 2.65. The molecule has 148 valence electrons. The zero-order valence-electron chi connectivity index (χ0n) is 16.1. The SMILES string of the molecule is CCCCCCCCCCCCOCCOOc1ccc(C(=O)O)cc1. The van der Waals surface area contributed by atoms with E-state index in [2.05, 4.69) is 6.92 Å². The van der Waals surface area contributed by atoms with Crippen molar-refractivity contribution in [2.24, 2.45) is 0 Å². The first-order chi connectivity index (χ1) is 12.7. The molecule has 0 bridgehead atoms. The molecule has 0 atom stereocenters. The Labute approximate surface area is 157 Å². The molecule has 5 nitrogen and oxygen atoms in total. The van der Waals surface area contributed by atoms with E-state index < -0.39 is 5.97 Å². The smallest absolute Gasteiger partial charge is 0.335 e. The molecule has 1 aromatic rings. The molecule has 0 aromatic heterocycles. The molecule has 0 aliphatic heterocycles. The summed E-state index contributed by atoms with van der Waals surface area (Å²) in [5, 5.41) is 8.80. The summed E-state index contributed by atoms with van der Waals surface area (Å²) in [6.07, 6.45) is 13.2. The van der Waals surface area contributed by atoms with Crippen LogP contribution in [0.3, 0.4) is 0 Å². The van der Waals surface area contributed by atoms with Gasteiger partial charge in [0.2, 0.25) is 0 Å². The monoisotopic (exact) mass is 366 g/mol. The summed E-state index contributed by atoms with van der Waals surface area (Å²) < 4.78 is 5.51. The number of rotatable bonds is 17. The van der Waals surface area contributed by atoms with Gasteiger partial charge >= 0.3 is 5.97 Å². The molecule has 0 spiro atoms. The number of carboxylic acid groups (broad SMARTS) is 1. The Hall–Kier alpha value is -1.59. The van der Waals surface area contributed by atoms with E-state index in [1.807, 2.05) is 0 Å². The second-order valence-electron chi connectivity index (χ2n) is 6.53. The van der Waals surface area contributed by atoms with Gasteiger partial charge in [-0.2, -0.15) is 4.89 Å². The van der Waals surface area contributed by atoms with Crippen LogP contribution in [-0.4, -0.2) is 30.9 Å². The number of aromatic carboxylic acids is 1. The zero-order valence-corrected chi connectivity index (χ0v) is 16.1. The molecule has 0 radical (unpaired) electrons.